The molecule has 0 aliphatic carbocycles. The quantitative estimate of drug-likeness (QED) is 0.0272. The van der Waals surface area contributed by atoms with Crippen LogP contribution in [0.2, 0.25) is 0 Å². The summed E-state index contributed by atoms with van der Waals surface area (Å²) < 4.78 is 32.7. The predicted octanol–water partition coefficient (Wildman–Crippen LogP) is 11.8. The van der Waals surface area contributed by atoms with Gasteiger partial charge < -0.3 is 20.1 Å². The first-order chi connectivity index (χ1) is 24.8. The summed E-state index contributed by atoms with van der Waals surface area (Å²) in [6.07, 6.45) is 38.1. The van der Waals surface area contributed by atoms with E-state index in [0.29, 0.717) is 6.42 Å². The van der Waals surface area contributed by atoms with Crippen molar-refractivity contribution >= 4 is 19.8 Å². The minimum atomic E-state index is -4.37. The van der Waals surface area contributed by atoms with Crippen LogP contribution in [0.15, 0.2) is 12.2 Å². The van der Waals surface area contributed by atoms with Gasteiger partial charge in [0, 0.05) is 19.4 Å². The van der Waals surface area contributed by atoms with Crippen molar-refractivity contribution in [3.63, 3.8) is 0 Å². The summed E-state index contributed by atoms with van der Waals surface area (Å²) in [7, 11) is -4.37. The van der Waals surface area contributed by atoms with Crippen LogP contribution in [0.3, 0.4) is 0 Å². The van der Waals surface area contributed by atoms with Crippen LogP contribution in [0.5, 0.6) is 0 Å². The van der Waals surface area contributed by atoms with E-state index >= 15 is 0 Å². The molecule has 2 atom stereocenters. The highest BCUT2D eigenvalue weighted by atomic mass is 31.2. The number of nitrogens with two attached hydrogens (primary N) is 1. The standard InChI is InChI=1S/C41H80NO8P/c1-3-5-7-9-11-13-15-17-18-19-20-22-23-25-27-29-31-33-40(43)47-37-39(38-49-51(45,46)48-36-35-42)50-41(44)34-32-30-28-26-24-21-16-14-12-10-8-6-4-2/h14,16,39H,3-13,15,17-38,42H2,1-2H3,(H,45,46)/t39-/m1/s1. The predicted molar refractivity (Wildman–Crippen MR) is 211 cm³/mol. The van der Waals surface area contributed by atoms with Crippen LogP contribution in [-0.2, 0) is 32.7 Å². The number of phosphoric ester groups is 1. The first-order valence-electron chi connectivity index (χ1n) is 21.2. The lowest BCUT2D eigenvalue weighted by Gasteiger charge is -2.19. The molecule has 0 aromatic rings. The molecule has 0 aliphatic heterocycles. The molecule has 3 N–H and O–H groups in total. The van der Waals surface area contributed by atoms with E-state index in [0.717, 1.165) is 51.4 Å². The Balaban J connectivity index is 4.12. The van der Waals surface area contributed by atoms with E-state index in [2.05, 4.69) is 26.0 Å². The molecule has 0 amide bonds. The molecule has 0 rings (SSSR count). The van der Waals surface area contributed by atoms with E-state index in [9.17, 15) is 19.0 Å². The van der Waals surface area contributed by atoms with Gasteiger partial charge in [0.2, 0.25) is 0 Å². The number of carbonyl (C=O) groups is 2. The van der Waals surface area contributed by atoms with E-state index in [1.165, 1.54) is 122 Å². The third-order valence-electron chi connectivity index (χ3n) is 9.15. The van der Waals surface area contributed by atoms with Gasteiger partial charge in [-0.2, -0.15) is 0 Å². The largest absolute Gasteiger partial charge is 0.472 e. The Morgan fingerprint density at radius 3 is 1.41 bits per heavy atom. The van der Waals surface area contributed by atoms with E-state index < -0.39 is 26.5 Å². The fourth-order valence-corrected chi connectivity index (χ4v) is 6.75. The van der Waals surface area contributed by atoms with Crippen molar-refractivity contribution in [3.8, 4) is 0 Å². The maximum absolute atomic E-state index is 12.5. The molecule has 0 fully saturated rings. The summed E-state index contributed by atoms with van der Waals surface area (Å²) in [6, 6.07) is 0. The van der Waals surface area contributed by atoms with Gasteiger partial charge >= 0.3 is 19.8 Å². The molecule has 0 aromatic heterocycles. The lowest BCUT2D eigenvalue weighted by atomic mass is 10.0. The Morgan fingerprint density at radius 2 is 0.961 bits per heavy atom. The Kier molecular flexibility index (Phi) is 37.5. The summed E-state index contributed by atoms with van der Waals surface area (Å²) in [5.41, 5.74) is 5.34. The zero-order chi connectivity index (χ0) is 37.5. The SMILES string of the molecule is CCCCCCC=CCCCCCCCC(=O)O[C@H](COC(=O)CCCCCCCCCCCCCCCCCCC)COP(=O)(O)OCCN. The second-order valence-electron chi connectivity index (χ2n) is 14.2. The lowest BCUT2D eigenvalue weighted by Crippen LogP contribution is -2.29. The zero-order valence-corrected chi connectivity index (χ0v) is 34.0. The van der Waals surface area contributed by atoms with Gasteiger partial charge in [-0.05, 0) is 38.5 Å². The number of esters is 2. The van der Waals surface area contributed by atoms with Gasteiger partial charge in [0.25, 0.3) is 0 Å². The molecule has 0 saturated carbocycles. The number of ether oxygens (including phenoxy) is 2. The average molecular weight is 746 g/mol. The molecular weight excluding hydrogens is 665 g/mol. The maximum Gasteiger partial charge on any atom is 0.472 e. The van der Waals surface area contributed by atoms with Crippen LogP contribution in [0.4, 0.5) is 0 Å². The molecule has 51 heavy (non-hydrogen) atoms. The smallest absolute Gasteiger partial charge is 0.462 e. The summed E-state index contributed by atoms with van der Waals surface area (Å²) in [4.78, 5) is 34.8. The van der Waals surface area contributed by atoms with Gasteiger partial charge in [-0.1, -0.05) is 167 Å². The Morgan fingerprint density at radius 1 is 0.569 bits per heavy atom. The summed E-state index contributed by atoms with van der Waals surface area (Å²) >= 11 is 0. The van der Waals surface area contributed by atoms with Crippen molar-refractivity contribution in [1.29, 1.82) is 0 Å². The van der Waals surface area contributed by atoms with Crippen molar-refractivity contribution in [2.75, 3.05) is 26.4 Å². The van der Waals surface area contributed by atoms with Crippen LogP contribution >= 0.6 is 7.82 Å². The third kappa shape index (κ3) is 38.3. The van der Waals surface area contributed by atoms with Crippen molar-refractivity contribution in [3.05, 3.63) is 12.2 Å². The highest BCUT2D eigenvalue weighted by Crippen LogP contribution is 2.43. The van der Waals surface area contributed by atoms with Crippen molar-refractivity contribution in [2.24, 2.45) is 5.73 Å². The van der Waals surface area contributed by atoms with E-state index in [1.807, 2.05) is 0 Å². The summed E-state index contributed by atoms with van der Waals surface area (Å²) in [5.74, 6) is -0.829. The topological polar surface area (TPSA) is 134 Å². The zero-order valence-electron chi connectivity index (χ0n) is 33.1. The number of unbranched alkanes of at least 4 members (excludes halogenated alkanes) is 25. The van der Waals surface area contributed by atoms with Crippen molar-refractivity contribution < 1.29 is 37.6 Å². The molecule has 1 unspecified atom stereocenters. The van der Waals surface area contributed by atoms with Gasteiger partial charge in [-0.15, -0.1) is 0 Å². The molecule has 9 nitrogen and oxygen atoms in total. The van der Waals surface area contributed by atoms with Crippen molar-refractivity contribution in [2.45, 2.75) is 213 Å². The Hall–Kier alpha value is -1.25. The summed E-state index contributed by atoms with van der Waals surface area (Å²) in [6.45, 7) is 3.73. The van der Waals surface area contributed by atoms with Crippen LogP contribution in [0, 0.1) is 0 Å². The third-order valence-corrected chi connectivity index (χ3v) is 10.1. The molecule has 0 aliphatic rings. The van der Waals surface area contributed by atoms with E-state index in [4.69, 9.17) is 24.3 Å². The van der Waals surface area contributed by atoms with Crippen LogP contribution in [-0.4, -0.2) is 49.3 Å². The van der Waals surface area contributed by atoms with Crippen molar-refractivity contribution in [1.82, 2.24) is 0 Å². The summed E-state index contributed by atoms with van der Waals surface area (Å²) in [5, 5.41) is 0. The van der Waals surface area contributed by atoms with Gasteiger partial charge in [-0.25, -0.2) is 4.57 Å². The highest BCUT2D eigenvalue weighted by Gasteiger charge is 2.26. The molecule has 10 heteroatoms. The van der Waals surface area contributed by atoms with Gasteiger partial charge in [0.15, 0.2) is 6.10 Å². The number of rotatable bonds is 40. The Bertz CT molecular complexity index is 856. The number of hydrogen-bond acceptors (Lipinski definition) is 8. The molecule has 0 heterocycles. The van der Waals surface area contributed by atoms with Crippen LogP contribution < -0.4 is 5.73 Å². The van der Waals surface area contributed by atoms with Crippen LogP contribution in [0.25, 0.3) is 0 Å². The minimum Gasteiger partial charge on any atom is -0.462 e. The second kappa shape index (κ2) is 38.5. The monoisotopic (exact) mass is 746 g/mol. The molecule has 0 radical (unpaired) electrons. The minimum absolute atomic E-state index is 0.0547. The maximum atomic E-state index is 12.5. The number of phosphoric acid groups is 1. The first-order valence-corrected chi connectivity index (χ1v) is 22.7. The fraction of sp³-hybridized carbons (Fsp3) is 0.902. The number of hydrogen-bond donors (Lipinski definition) is 2. The molecule has 0 bridgehead atoms. The van der Waals surface area contributed by atoms with Gasteiger partial charge in [0.05, 0.1) is 13.2 Å². The average Bonchev–Trinajstić information content (AvgIpc) is 3.11. The molecular formula is C41H80NO8P. The molecule has 0 aromatic carbocycles. The molecule has 0 spiro atoms. The molecule has 302 valence electrons. The van der Waals surface area contributed by atoms with E-state index in [1.54, 1.807) is 0 Å². The number of carbonyl (C=O) groups excluding carboxylic acids is 2. The number of allylic oxidation sites excluding steroid dienone is 2. The fourth-order valence-electron chi connectivity index (χ4n) is 5.98. The molecule has 0 saturated heterocycles. The van der Waals surface area contributed by atoms with Crippen LogP contribution in [0.1, 0.15) is 206 Å². The first kappa shape index (κ1) is 49.8. The second-order valence-corrected chi connectivity index (χ2v) is 15.7. The van der Waals surface area contributed by atoms with Gasteiger partial charge in [0.1, 0.15) is 6.61 Å². The Labute approximate surface area is 313 Å². The highest BCUT2D eigenvalue weighted by molar-refractivity contribution is 7.47. The van der Waals surface area contributed by atoms with Gasteiger partial charge in [-0.3, -0.25) is 18.6 Å². The van der Waals surface area contributed by atoms with E-state index in [-0.39, 0.29) is 38.6 Å². The lowest BCUT2D eigenvalue weighted by molar-refractivity contribution is -0.161. The normalized spacial score (nSPS) is 13.4.